The molecule has 5 heteroatoms. The molecule has 0 spiro atoms. The summed E-state index contributed by atoms with van der Waals surface area (Å²) < 4.78 is 11.5. The predicted molar refractivity (Wildman–Crippen MR) is 98.3 cm³/mol. The van der Waals surface area contributed by atoms with E-state index in [1.807, 2.05) is 0 Å². The molecule has 4 unspecified atom stereocenters. The van der Waals surface area contributed by atoms with E-state index in [1.54, 1.807) is 0 Å². The van der Waals surface area contributed by atoms with E-state index < -0.39 is 0 Å². The van der Waals surface area contributed by atoms with Crippen LogP contribution < -0.4 is 15.4 Å². The highest BCUT2D eigenvalue weighted by Crippen LogP contribution is 2.34. The van der Waals surface area contributed by atoms with Gasteiger partial charge in [-0.3, -0.25) is 0 Å². The van der Waals surface area contributed by atoms with Crippen LogP contribution in [0.15, 0.2) is 24.3 Å². The van der Waals surface area contributed by atoms with Gasteiger partial charge in [0.15, 0.2) is 0 Å². The van der Waals surface area contributed by atoms with E-state index in [0.29, 0.717) is 23.9 Å². The zero-order valence-electron chi connectivity index (χ0n) is 14.2. The molecule has 4 rings (SSSR count). The summed E-state index contributed by atoms with van der Waals surface area (Å²) in [5, 5.41) is 7.55. The summed E-state index contributed by atoms with van der Waals surface area (Å²) in [6, 6.07) is 9.68. The van der Waals surface area contributed by atoms with Gasteiger partial charge in [0, 0.05) is 31.1 Å². The fourth-order valence-corrected chi connectivity index (χ4v) is 4.51. The summed E-state index contributed by atoms with van der Waals surface area (Å²) in [6.07, 6.45) is 5.08. The molecule has 0 amide bonds. The molecule has 0 aromatic heterocycles. The third kappa shape index (κ3) is 3.88. The number of nitrogens with one attached hydrogen (secondary N) is 2. The van der Waals surface area contributed by atoms with Crippen molar-refractivity contribution < 1.29 is 9.47 Å². The number of ether oxygens (including phenoxy) is 2. The molecule has 1 saturated carbocycles. The van der Waals surface area contributed by atoms with Crippen molar-refractivity contribution in [2.75, 3.05) is 32.9 Å². The van der Waals surface area contributed by atoms with Crippen molar-refractivity contribution in [3.05, 3.63) is 29.8 Å². The van der Waals surface area contributed by atoms with E-state index >= 15 is 0 Å². The Kier molecular flexibility index (Phi) is 6.39. The molecule has 1 saturated heterocycles. The van der Waals surface area contributed by atoms with Crippen molar-refractivity contribution in [2.24, 2.45) is 5.92 Å². The summed E-state index contributed by atoms with van der Waals surface area (Å²) in [5.74, 6) is 2.37. The van der Waals surface area contributed by atoms with E-state index in [-0.39, 0.29) is 12.4 Å². The molecule has 1 aromatic carbocycles. The van der Waals surface area contributed by atoms with Gasteiger partial charge in [0.25, 0.3) is 0 Å². The first kappa shape index (κ1) is 18.0. The second-order valence-corrected chi connectivity index (χ2v) is 7.12. The van der Waals surface area contributed by atoms with Crippen LogP contribution in [0, 0.1) is 5.92 Å². The van der Waals surface area contributed by atoms with Crippen molar-refractivity contribution in [1.82, 2.24) is 10.6 Å². The Morgan fingerprint density at radius 3 is 2.92 bits per heavy atom. The Morgan fingerprint density at radius 1 is 1.12 bits per heavy atom. The number of hydrogen-bond acceptors (Lipinski definition) is 4. The molecule has 134 valence electrons. The van der Waals surface area contributed by atoms with Crippen LogP contribution in [-0.2, 0) is 4.74 Å². The molecule has 24 heavy (non-hydrogen) atoms. The van der Waals surface area contributed by atoms with Gasteiger partial charge in [0.1, 0.15) is 5.75 Å². The molecule has 4 nitrogen and oxygen atoms in total. The second-order valence-electron chi connectivity index (χ2n) is 7.12. The molecule has 4 atom stereocenters. The van der Waals surface area contributed by atoms with Gasteiger partial charge in [0.05, 0.1) is 19.8 Å². The van der Waals surface area contributed by atoms with E-state index in [9.17, 15) is 0 Å². The van der Waals surface area contributed by atoms with Crippen LogP contribution >= 0.6 is 12.4 Å². The Hall–Kier alpha value is -0.810. The molecular weight excluding hydrogens is 324 g/mol. The van der Waals surface area contributed by atoms with Gasteiger partial charge in [-0.2, -0.15) is 0 Å². The average Bonchev–Trinajstić information content (AvgIpc) is 3.09. The highest BCUT2D eigenvalue weighted by molar-refractivity contribution is 5.85. The molecular formula is C19H29ClN2O2. The molecule has 1 aliphatic carbocycles. The minimum atomic E-state index is 0. The first-order valence-corrected chi connectivity index (χ1v) is 9.18. The first-order valence-electron chi connectivity index (χ1n) is 9.18. The van der Waals surface area contributed by atoms with Gasteiger partial charge >= 0.3 is 0 Å². The van der Waals surface area contributed by atoms with Crippen molar-refractivity contribution in [1.29, 1.82) is 0 Å². The summed E-state index contributed by atoms with van der Waals surface area (Å²) >= 11 is 0. The van der Waals surface area contributed by atoms with E-state index in [4.69, 9.17) is 9.47 Å². The van der Waals surface area contributed by atoms with E-state index in [2.05, 4.69) is 34.9 Å². The molecule has 2 fully saturated rings. The first-order chi connectivity index (χ1) is 11.4. The Labute approximate surface area is 151 Å². The fraction of sp³-hybridized carbons (Fsp3) is 0.684. The normalized spacial score (nSPS) is 32.5. The van der Waals surface area contributed by atoms with E-state index in [1.165, 1.54) is 24.8 Å². The zero-order chi connectivity index (χ0) is 15.5. The summed E-state index contributed by atoms with van der Waals surface area (Å²) in [7, 11) is 0. The monoisotopic (exact) mass is 352 g/mol. The number of rotatable bonds is 4. The Bertz CT molecular complexity index is 522. The third-order valence-corrected chi connectivity index (χ3v) is 5.75. The molecule has 1 aromatic rings. The van der Waals surface area contributed by atoms with Crippen LogP contribution in [0.2, 0.25) is 0 Å². The summed E-state index contributed by atoms with van der Waals surface area (Å²) in [5.41, 5.74) is 1.37. The van der Waals surface area contributed by atoms with E-state index in [0.717, 1.165) is 45.1 Å². The maximum atomic E-state index is 5.79. The van der Waals surface area contributed by atoms with Crippen LogP contribution in [0.25, 0.3) is 0 Å². The quantitative estimate of drug-likeness (QED) is 0.874. The van der Waals surface area contributed by atoms with Crippen LogP contribution in [0.5, 0.6) is 5.75 Å². The van der Waals surface area contributed by atoms with Gasteiger partial charge in [-0.05, 0) is 36.8 Å². The number of para-hydroxylation sites is 1. The SMILES string of the molecule is Cl.c1ccc2c(c1)OCCC2CNC1CCCC1C1COCCN1. The van der Waals surface area contributed by atoms with Gasteiger partial charge < -0.3 is 20.1 Å². The van der Waals surface area contributed by atoms with Crippen molar-refractivity contribution >= 4 is 12.4 Å². The fourth-order valence-electron chi connectivity index (χ4n) is 4.51. The minimum absolute atomic E-state index is 0. The highest BCUT2D eigenvalue weighted by atomic mass is 35.5. The van der Waals surface area contributed by atoms with Crippen LogP contribution in [0.3, 0.4) is 0 Å². The highest BCUT2D eigenvalue weighted by Gasteiger charge is 2.35. The predicted octanol–water partition coefficient (Wildman–Crippen LogP) is 2.72. The Balaban J connectivity index is 0.00000169. The molecule has 2 aliphatic heterocycles. The van der Waals surface area contributed by atoms with Gasteiger partial charge in [-0.15, -0.1) is 12.4 Å². The van der Waals surface area contributed by atoms with Gasteiger partial charge in [-0.1, -0.05) is 24.6 Å². The molecule has 0 bridgehead atoms. The van der Waals surface area contributed by atoms with Crippen LogP contribution in [-0.4, -0.2) is 45.0 Å². The van der Waals surface area contributed by atoms with Crippen molar-refractivity contribution in [3.8, 4) is 5.75 Å². The van der Waals surface area contributed by atoms with Gasteiger partial charge in [0.2, 0.25) is 0 Å². The van der Waals surface area contributed by atoms with Gasteiger partial charge in [-0.25, -0.2) is 0 Å². The van der Waals surface area contributed by atoms with Crippen molar-refractivity contribution in [3.63, 3.8) is 0 Å². The number of halogens is 1. The van der Waals surface area contributed by atoms with Crippen LogP contribution in [0.4, 0.5) is 0 Å². The molecule has 2 heterocycles. The average molecular weight is 353 g/mol. The topological polar surface area (TPSA) is 42.5 Å². The van der Waals surface area contributed by atoms with Crippen LogP contribution in [0.1, 0.15) is 37.2 Å². The standard InChI is InChI=1S/C19H28N2O2.ClH/c1-2-7-19-15(4-1)14(8-10-23-19)12-21-17-6-3-5-16(17)18-13-22-11-9-20-18;/h1-2,4,7,14,16-18,20-21H,3,5-6,8-13H2;1H. The lowest BCUT2D eigenvalue weighted by molar-refractivity contribution is 0.0523. The lowest BCUT2D eigenvalue weighted by Crippen LogP contribution is -2.51. The molecule has 3 aliphatic rings. The van der Waals surface area contributed by atoms with Crippen molar-refractivity contribution in [2.45, 2.75) is 43.7 Å². The number of fused-ring (bicyclic) bond motifs is 1. The largest absolute Gasteiger partial charge is 0.493 e. The summed E-state index contributed by atoms with van der Waals surface area (Å²) in [6.45, 7) is 4.65. The molecule has 2 N–H and O–H groups in total. The second kappa shape index (κ2) is 8.52. The lowest BCUT2D eigenvalue weighted by Gasteiger charge is -2.34. The third-order valence-electron chi connectivity index (χ3n) is 5.75. The maximum Gasteiger partial charge on any atom is 0.122 e. The maximum absolute atomic E-state index is 5.79. The molecule has 0 radical (unpaired) electrons. The minimum Gasteiger partial charge on any atom is -0.493 e. The lowest BCUT2D eigenvalue weighted by atomic mass is 9.90. The number of benzene rings is 1. The smallest absolute Gasteiger partial charge is 0.122 e. The number of morpholine rings is 1. The number of hydrogen-bond donors (Lipinski definition) is 2. The zero-order valence-corrected chi connectivity index (χ0v) is 15.0. The Morgan fingerprint density at radius 2 is 2.04 bits per heavy atom. The summed E-state index contributed by atoms with van der Waals surface area (Å²) in [4.78, 5) is 0.